The molecule has 7 nitrogen and oxygen atoms in total. The van der Waals surface area contributed by atoms with Crippen LogP contribution in [0.2, 0.25) is 5.02 Å². The molecule has 1 N–H and O–H groups in total. The Labute approximate surface area is 209 Å². The topological polar surface area (TPSA) is 111 Å². The van der Waals surface area contributed by atoms with Gasteiger partial charge in [-0.25, -0.2) is 0 Å². The molecule has 0 aromatic heterocycles. The minimum Gasteiger partial charge on any atom is -0.545 e. The molecule has 0 saturated heterocycles. The molecule has 0 atom stereocenters. The van der Waals surface area contributed by atoms with Crippen molar-refractivity contribution in [1.82, 2.24) is 0 Å². The number of rotatable bonds is 8. The first-order valence-electron chi connectivity index (χ1n) is 9.80. The second-order valence-electron chi connectivity index (χ2n) is 6.93. The Morgan fingerprint density at radius 3 is 2.38 bits per heavy atom. The van der Waals surface area contributed by atoms with E-state index in [4.69, 9.17) is 21.1 Å². The van der Waals surface area contributed by atoms with Crippen LogP contribution in [0, 0.1) is 11.3 Å². The number of aromatic carboxylic acids is 1. The van der Waals surface area contributed by atoms with Crippen molar-refractivity contribution in [3.05, 3.63) is 92.4 Å². The van der Waals surface area contributed by atoms with E-state index in [1.807, 2.05) is 6.07 Å². The number of nitrogens with zero attached hydrogens (tertiary/aromatic N) is 1. The van der Waals surface area contributed by atoms with Crippen LogP contribution in [-0.4, -0.2) is 19.0 Å². The molecular weight excluding hydrogens is 524 g/mol. The van der Waals surface area contributed by atoms with Gasteiger partial charge in [0.25, 0.3) is 5.91 Å². The fourth-order valence-electron chi connectivity index (χ4n) is 2.87. The van der Waals surface area contributed by atoms with Crippen LogP contribution in [0.1, 0.15) is 21.5 Å². The van der Waals surface area contributed by atoms with Gasteiger partial charge in [0.2, 0.25) is 0 Å². The van der Waals surface area contributed by atoms with E-state index in [1.165, 1.54) is 25.3 Å². The Hall–Kier alpha value is -3.80. The Morgan fingerprint density at radius 1 is 1.12 bits per heavy atom. The first-order valence-corrected chi connectivity index (χ1v) is 11.0. The van der Waals surface area contributed by atoms with Gasteiger partial charge < -0.3 is 24.7 Å². The summed E-state index contributed by atoms with van der Waals surface area (Å²) in [4.78, 5) is 23.4. The molecule has 3 aromatic carbocycles. The Balaban J connectivity index is 1.78. The summed E-state index contributed by atoms with van der Waals surface area (Å²) in [5.74, 6) is -1.02. The van der Waals surface area contributed by atoms with Crippen molar-refractivity contribution in [2.75, 3.05) is 12.4 Å². The van der Waals surface area contributed by atoms with Crippen LogP contribution in [0.5, 0.6) is 11.5 Å². The van der Waals surface area contributed by atoms with Crippen LogP contribution in [0.4, 0.5) is 5.69 Å². The number of carbonyl (C=O) groups is 2. The molecule has 0 aliphatic carbocycles. The SMILES string of the molecule is COc1cc(/C=C(/C#N)C(=O)Nc2ccc(Cl)cc2)c(Br)cc1OCc1ccc(C(=O)[O-])cc1. The van der Waals surface area contributed by atoms with Gasteiger partial charge in [-0.15, -0.1) is 0 Å². The van der Waals surface area contributed by atoms with Gasteiger partial charge in [-0.2, -0.15) is 5.26 Å². The molecule has 0 aliphatic heterocycles. The molecule has 0 fully saturated rings. The summed E-state index contributed by atoms with van der Waals surface area (Å²) in [6.45, 7) is 0.165. The number of carboxylic acid groups (broad SMARTS) is 1. The number of hydrogen-bond acceptors (Lipinski definition) is 6. The van der Waals surface area contributed by atoms with E-state index in [1.54, 1.807) is 48.5 Å². The molecule has 0 spiro atoms. The number of halogens is 2. The monoisotopic (exact) mass is 539 g/mol. The van der Waals surface area contributed by atoms with Crippen molar-refractivity contribution in [3.63, 3.8) is 0 Å². The second kappa shape index (κ2) is 11.4. The van der Waals surface area contributed by atoms with E-state index in [0.717, 1.165) is 5.56 Å². The number of ether oxygens (including phenoxy) is 2. The number of hydrogen-bond donors (Lipinski definition) is 1. The fourth-order valence-corrected chi connectivity index (χ4v) is 3.43. The molecule has 0 bridgehead atoms. The maximum absolute atomic E-state index is 12.5. The summed E-state index contributed by atoms with van der Waals surface area (Å²) in [5, 5.41) is 23.6. The van der Waals surface area contributed by atoms with E-state index in [-0.39, 0.29) is 17.7 Å². The number of anilines is 1. The lowest BCUT2D eigenvalue weighted by Crippen LogP contribution is -2.22. The molecule has 1 amide bonds. The minimum absolute atomic E-state index is 0.0774. The van der Waals surface area contributed by atoms with Gasteiger partial charge in [-0.3, -0.25) is 4.79 Å². The van der Waals surface area contributed by atoms with E-state index >= 15 is 0 Å². The summed E-state index contributed by atoms with van der Waals surface area (Å²) >= 11 is 9.29. The number of benzene rings is 3. The van der Waals surface area contributed by atoms with Crippen molar-refractivity contribution in [2.24, 2.45) is 0 Å². The molecule has 0 unspecified atom stereocenters. The largest absolute Gasteiger partial charge is 0.545 e. The quantitative estimate of drug-likeness (QED) is 0.330. The van der Waals surface area contributed by atoms with Gasteiger partial charge in [-0.1, -0.05) is 51.8 Å². The van der Waals surface area contributed by atoms with Crippen LogP contribution in [0.25, 0.3) is 6.08 Å². The maximum atomic E-state index is 12.5. The van der Waals surface area contributed by atoms with Crippen molar-refractivity contribution >= 4 is 51.2 Å². The van der Waals surface area contributed by atoms with E-state index < -0.39 is 11.9 Å². The average Bonchev–Trinajstić information content (AvgIpc) is 2.83. The zero-order valence-corrected chi connectivity index (χ0v) is 20.1. The molecule has 3 aromatic rings. The number of carbonyl (C=O) groups excluding carboxylic acids is 2. The molecular formula is C25H17BrClN2O5-. The highest BCUT2D eigenvalue weighted by atomic mass is 79.9. The van der Waals surface area contributed by atoms with Crippen LogP contribution in [0.15, 0.2) is 70.7 Å². The van der Waals surface area contributed by atoms with Gasteiger partial charge in [0, 0.05) is 15.2 Å². The normalized spacial score (nSPS) is 10.8. The lowest BCUT2D eigenvalue weighted by atomic mass is 10.1. The number of nitrogens with one attached hydrogen (secondary N) is 1. The van der Waals surface area contributed by atoms with Crippen LogP contribution < -0.4 is 19.9 Å². The van der Waals surface area contributed by atoms with E-state index in [0.29, 0.717) is 32.2 Å². The zero-order chi connectivity index (χ0) is 24.7. The molecule has 9 heteroatoms. The first-order chi connectivity index (χ1) is 16.3. The molecule has 0 radical (unpaired) electrons. The molecule has 0 heterocycles. The smallest absolute Gasteiger partial charge is 0.266 e. The third-order valence-corrected chi connectivity index (χ3v) is 5.57. The highest BCUT2D eigenvalue weighted by Gasteiger charge is 2.14. The van der Waals surface area contributed by atoms with Crippen LogP contribution in [0.3, 0.4) is 0 Å². The predicted molar refractivity (Wildman–Crippen MR) is 129 cm³/mol. The standard InChI is InChI=1S/C25H18BrClN2O5/c1-33-22-11-17(10-18(13-28)24(30)29-20-8-6-19(27)7-9-20)21(26)12-23(22)34-14-15-2-4-16(5-3-15)25(31)32/h2-12H,14H2,1H3,(H,29,30)(H,31,32)/p-1/b18-10-. The van der Waals surface area contributed by atoms with Crippen LogP contribution in [-0.2, 0) is 11.4 Å². The van der Waals surface area contributed by atoms with Crippen molar-refractivity contribution in [2.45, 2.75) is 6.61 Å². The third kappa shape index (κ3) is 6.38. The summed E-state index contributed by atoms with van der Waals surface area (Å²) in [5.41, 5.74) is 1.75. The highest BCUT2D eigenvalue weighted by molar-refractivity contribution is 9.10. The summed E-state index contributed by atoms with van der Waals surface area (Å²) in [6, 6.07) is 17.8. The lowest BCUT2D eigenvalue weighted by Gasteiger charge is -2.13. The molecule has 3 rings (SSSR count). The molecule has 0 aliphatic rings. The average molecular weight is 541 g/mol. The number of amides is 1. The Morgan fingerprint density at radius 2 is 1.79 bits per heavy atom. The van der Waals surface area contributed by atoms with Crippen molar-refractivity contribution < 1.29 is 24.2 Å². The third-order valence-electron chi connectivity index (χ3n) is 4.63. The fraction of sp³-hybridized carbons (Fsp3) is 0.0800. The van der Waals surface area contributed by atoms with Crippen LogP contribution >= 0.6 is 27.5 Å². The summed E-state index contributed by atoms with van der Waals surface area (Å²) < 4.78 is 11.8. The Bertz CT molecular complexity index is 1280. The lowest BCUT2D eigenvalue weighted by molar-refractivity contribution is -0.255. The zero-order valence-electron chi connectivity index (χ0n) is 17.8. The Kier molecular flexibility index (Phi) is 8.30. The van der Waals surface area contributed by atoms with Crippen molar-refractivity contribution in [1.29, 1.82) is 5.26 Å². The van der Waals surface area contributed by atoms with E-state index in [9.17, 15) is 20.0 Å². The number of nitriles is 1. The summed E-state index contributed by atoms with van der Waals surface area (Å²) in [6.07, 6.45) is 1.43. The summed E-state index contributed by atoms with van der Waals surface area (Å²) in [7, 11) is 1.47. The van der Waals surface area contributed by atoms with Gasteiger partial charge in [0.15, 0.2) is 11.5 Å². The molecule has 0 saturated carbocycles. The van der Waals surface area contributed by atoms with Gasteiger partial charge in [0.1, 0.15) is 18.2 Å². The predicted octanol–water partition coefficient (Wildman–Crippen LogP) is 4.60. The second-order valence-corrected chi connectivity index (χ2v) is 8.22. The van der Waals surface area contributed by atoms with E-state index in [2.05, 4.69) is 21.2 Å². The number of carboxylic acids is 1. The minimum atomic E-state index is -1.25. The maximum Gasteiger partial charge on any atom is 0.266 e. The molecule has 34 heavy (non-hydrogen) atoms. The number of methoxy groups -OCH3 is 1. The first kappa shape index (κ1) is 24.8. The molecule has 172 valence electrons. The van der Waals surface area contributed by atoms with Gasteiger partial charge in [-0.05, 0) is 59.2 Å². The van der Waals surface area contributed by atoms with Gasteiger partial charge >= 0.3 is 0 Å². The van der Waals surface area contributed by atoms with Gasteiger partial charge in [0.05, 0.1) is 13.1 Å². The highest BCUT2D eigenvalue weighted by Crippen LogP contribution is 2.35. The van der Waals surface area contributed by atoms with Crippen molar-refractivity contribution in [3.8, 4) is 17.6 Å².